The van der Waals surface area contributed by atoms with Crippen LogP contribution in [0.2, 0.25) is 0 Å². The third-order valence-corrected chi connectivity index (χ3v) is 2.22. The number of aromatic nitrogens is 2. The maximum atomic E-state index is 11.1. The maximum absolute atomic E-state index is 11.1. The highest BCUT2D eigenvalue weighted by molar-refractivity contribution is 5.91. The summed E-state index contributed by atoms with van der Waals surface area (Å²) < 4.78 is 10.0. The van der Waals surface area contributed by atoms with E-state index < -0.39 is 16.6 Å². The summed E-state index contributed by atoms with van der Waals surface area (Å²) in [5.41, 5.74) is 1.87. The molecule has 0 unspecified atom stereocenters. The minimum absolute atomic E-state index is 0.0151. The van der Waals surface area contributed by atoms with Crippen LogP contribution < -0.4 is 16.0 Å². The largest absolute Gasteiger partial charge is 0.477 e. The molecule has 20 heavy (non-hydrogen) atoms. The molecule has 0 aliphatic heterocycles. The van der Waals surface area contributed by atoms with Crippen molar-refractivity contribution in [3.63, 3.8) is 0 Å². The van der Waals surface area contributed by atoms with Crippen molar-refractivity contribution in [3.05, 3.63) is 46.0 Å². The number of rotatable bonds is 5. The molecule has 0 spiro atoms. The molecule has 0 fully saturated rings. The molecule has 2 heterocycles. The van der Waals surface area contributed by atoms with Crippen LogP contribution in [0.4, 0.5) is 5.82 Å². The van der Waals surface area contributed by atoms with E-state index in [1.165, 1.54) is 24.4 Å². The van der Waals surface area contributed by atoms with Crippen LogP contribution in [-0.4, -0.2) is 21.0 Å². The SMILES string of the molecule is NNC(=O)c1cc(COc2cccnc2[N+](=O)[O-])on1. The number of ether oxygens (including phenoxy) is 1. The lowest BCUT2D eigenvalue weighted by atomic mass is 10.3. The normalized spacial score (nSPS) is 10.1. The van der Waals surface area contributed by atoms with E-state index in [0.717, 1.165) is 0 Å². The summed E-state index contributed by atoms with van der Waals surface area (Å²) in [6.45, 7) is -0.141. The van der Waals surface area contributed by atoms with Gasteiger partial charge in [0.1, 0.15) is 12.8 Å². The van der Waals surface area contributed by atoms with E-state index in [1.54, 1.807) is 0 Å². The second-order valence-corrected chi connectivity index (χ2v) is 3.52. The molecule has 10 heteroatoms. The zero-order valence-corrected chi connectivity index (χ0v) is 9.98. The van der Waals surface area contributed by atoms with Gasteiger partial charge in [-0.05, 0) is 22.0 Å². The second-order valence-electron chi connectivity index (χ2n) is 3.52. The molecule has 0 aliphatic carbocycles. The van der Waals surface area contributed by atoms with E-state index in [-0.39, 0.29) is 23.8 Å². The summed E-state index contributed by atoms with van der Waals surface area (Å²) in [6, 6.07) is 4.20. The lowest BCUT2D eigenvalue weighted by Gasteiger charge is -2.02. The number of pyridine rings is 1. The number of hydrogen-bond donors (Lipinski definition) is 2. The summed E-state index contributed by atoms with van der Waals surface area (Å²) >= 11 is 0. The molecule has 104 valence electrons. The van der Waals surface area contributed by atoms with Crippen LogP contribution in [0.15, 0.2) is 28.9 Å². The van der Waals surface area contributed by atoms with Gasteiger partial charge >= 0.3 is 5.82 Å². The lowest BCUT2D eigenvalue weighted by Crippen LogP contribution is -2.30. The Morgan fingerprint density at radius 1 is 1.60 bits per heavy atom. The van der Waals surface area contributed by atoms with Crippen LogP contribution in [0.3, 0.4) is 0 Å². The Balaban J connectivity index is 2.07. The van der Waals surface area contributed by atoms with E-state index in [9.17, 15) is 14.9 Å². The number of nitrogens with two attached hydrogens (primary N) is 1. The van der Waals surface area contributed by atoms with E-state index in [2.05, 4.69) is 10.1 Å². The van der Waals surface area contributed by atoms with Crippen molar-refractivity contribution in [2.24, 2.45) is 5.84 Å². The molecule has 0 saturated heterocycles. The molecule has 0 radical (unpaired) electrons. The number of amides is 1. The van der Waals surface area contributed by atoms with Gasteiger partial charge in [0.15, 0.2) is 11.5 Å². The van der Waals surface area contributed by atoms with Gasteiger partial charge in [0.25, 0.3) is 5.91 Å². The zero-order chi connectivity index (χ0) is 14.5. The third-order valence-electron chi connectivity index (χ3n) is 2.22. The highest BCUT2D eigenvalue weighted by Gasteiger charge is 2.17. The highest BCUT2D eigenvalue weighted by atomic mass is 16.6. The first-order chi connectivity index (χ1) is 9.61. The van der Waals surface area contributed by atoms with Gasteiger partial charge in [0.05, 0.1) is 0 Å². The Kier molecular flexibility index (Phi) is 3.86. The number of nitrogen functional groups attached to an aromatic ring is 1. The van der Waals surface area contributed by atoms with E-state index in [1.807, 2.05) is 5.43 Å². The van der Waals surface area contributed by atoms with Gasteiger partial charge in [-0.1, -0.05) is 5.16 Å². The molecule has 0 bridgehead atoms. The summed E-state index contributed by atoms with van der Waals surface area (Å²) in [5.74, 6) is 4.10. The average molecular weight is 279 g/mol. The highest BCUT2D eigenvalue weighted by Crippen LogP contribution is 2.23. The molecule has 1 amide bonds. The average Bonchev–Trinajstić information content (AvgIpc) is 2.93. The summed E-state index contributed by atoms with van der Waals surface area (Å²) in [7, 11) is 0. The number of nitro groups is 1. The summed E-state index contributed by atoms with van der Waals surface area (Å²) in [6.07, 6.45) is 1.28. The van der Waals surface area contributed by atoms with Crippen molar-refractivity contribution < 1.29 is 19.0 Å². The van der Waals surface area contributed by atoms with Crippen molar-refractivity contribution in [2.45, 2.75) is 6.61 Å². The van der Waals surface area contributed by atoms with Crippen molar-refractivity contribution >= 4 is 11.7 Å². The number of hydrogen-bond acceptors (Lipinski definition) is 8. The van der Waals surface area contributed by atoms with Crippen LogP contribution >= 0.6 is 0 Å². The topological polar surface area (TPSA) is 146 Å². The van der Waals surface area contributed by atoms with Gasteiger partial charge in [-0.15, -0.1) is 0 Å². The van der Waals surface area contributed by atoms with Crippen molar-refractivity contribution in [1.82, 2.24) is 15.6 Å². The number of carbonyl (C=O) groups excluding carboxylic acids is 1. The minimum atomic E-state index is -0.664. The molecule has 2 aromatic heterocycles. The molecule has 0 aromatic carbocycles. The number of nitrogens with zero attached hydrogens (tertiary/aromatic N) is 3. The molecule has 2 aromatic rings. The fourth-order valence-corrected chi connectivity index (χ4v) is 1.34. The van der Waals surface area contributed by atoms with Gasteiger partial charge in [0, 0.05) is 6.07 Å². The van der Waals surface area contributed by atoms with Gasteiger partial charge < -0.3 is 19.4 Å². The van der Waals surface area contributed by atoms with Crippen LogP contribution in [0.1, 0.15) is 16.2 Å². The van der Waals surface area contributed by atoms with Crippen LogP contribution in [0, 0.1) is 10.1 Å². The van der Waals surface area contributed by atoms with Crippen molar-refractivity contribution in [1.29, 1.82) is 0 Å². The lowest BCUT2D eigenvalue weighted by molar-refractivity contribution is -0.390. The van der Waals surface area contributed by atoms with Crippen molar-refractivity contribution in [2.75, 3.05) is 0 Å². The molecular formula is C10H9N5O5. The molecule has 2 rings (SSSR count). The first kappa shape index (κ1) is 13.4. The second kappa shape index (κ2) is 5.75. The number of nitrogens with one attached hydrogen (secondary N) is 1. The summed E-state index contributed by atoms with van der Waals surface area (Å²) in [4.78, 5) is 24.8. The maximum Gasteiger partial charge on any atom is 0.406 e. The molecule has 10 nitrogen and oxygen atoms in total. The standard InChI is InChI=1S/C10H9N5O5/c11-13-10(16)7-4-6(20-14-7)5-19-8-2-1-3-12-9(8)15(17)18/h1-4H,5,11H2,(H,13,16). The quantitative estimate of drug-likeness (QED) is 0.340. The van der Waals surface area contributed by atoms with Crippen molar-refractivity contribution in [3.8, 4) is 5.75 Å². The van der Waals surface area contributed by atoms with E-state index >= 15 is 0 Å². The Labute approximate surface area is 111 Å². The first-order valence-corrected chi connectivity index (χ1v) is 5.30. The third kappa shape index (κ3) is 2.87. The fourth-order valence-electron chi connectivity index (χ4n) is 1.34. The van der Waals surface area contributed by atoms with Crippen LogP contribution in [0.5, 0.6) is 5.75 Å². The Morgan fingerprint density at radius 3 is 3.10 bits per heavy atom. The number of hydrazine groups is 1. The monoisotopic (exact) mass is 279 g/mol. The van der Waals surface area contributed by atoms with E-state index in [0.29, 0.717) is 0 Å². The predicted molar refractivity (Wildman–Crippen MR) is 63.4 cm³/mol. The number of carbonyl (C=O) groups is 1. The summed E-state index contributed by atoms with van der Waals surface area (Å²) in [5, 5.41) is 14.2. The van der Waals surface area contributed by atoms with Gasteiger partial charge in [0.2, 0.25) is 5.75 Å². The minimum Gasteiger partial charge on any atom is -0.477 e. The van der Waals surface area contributed by atoms with E-state index in [4.69, 9.17) is 15.1 Å². The Bertz CT molecular complexity index is 640. The molecule has 0 saturated carbocycles. The van der Waals surface area contributed by atoms with Gasteiger partial charge in [-0.2, -0.15) is 0 Å². The Morgan fingerprint density at radius 2 is 2.40 bits per heavy atom. The molecule has 0 aliphatic rings. The van der Waals surface area contributed by atoms with Crippen LogP contribution in [-0.2, 0) is 6.61 Å². The smallest absolute Gasteiger partial charge is 0.406 e. The van der Waals surface area contributed by atoms with Gasteiger partial charge in [-0.3, -0.25) is 10.2 Å². The van der Waals surface area contributed by atoms with Gasteiger partial charge in [-0.25, -0.2) is 5.84 Å². The molecular weight excluding hydrogens is 270 g/mol. The molecule has 3 N–H and O–H groups in total. The molecule has 0 atom stereocenters. The van der Waals surface area contributed by atoms with Crippen LogP contribution in [0.25, 0.3) is 0 Å². The predicted octanol–water partition coefficient (Wildman–Crippen LogP) is 0.160. The zero-order valence-electron chi connectivity index (χ0n) is 9.98. The fraction of sp³-hybridized carbons (Fsp3) is 0.100. The first-order valence-electron chi connectivity index (χ1n) is 5.30. The Hall–Kier alpha value is -3.01.